The van der Waals surface area contributed by atoms with E-state index in [9.17, 15) is 0 Å². The Kier molecular flexibility index (Phi) is 5.15. The maximum atomic E-state index is 5.04. The van der Waals surface area contributed by atoms with Gasteiger partial charge in [0, 0.05) is 5.38 Å². The van der Waals surface area contributed by atoms with E-state index in [1.165, 1.54) is 36.4 Å². The molecular weight excluding hydrogens is 276 g/mol. The monoisotopic (exact) mass is 308 g/mol. The van der Waals surface area contributed by atoms with E-state index in [1.54, 1.807) is 0 Å². The minimum atomic E-state index is 0.0864. The SMILES string of the molecule is CCNC1(c2nc(C(C)C)cs2)CCCCC1C(C)(C)C. The summed E-state index contributed by atoms with van der Waals surface area (Å²) in [7, 11) is 0. The van der Waals surface area contributed by atoms with E-state index in [2.05, 4.69) is 52.2 Å². The molecule has 1 aliphatic carbocycles. The van der Waals surface area contributed by atoms with Gasteiger partial charge >= 0.3 is 0 Å². The number of nitrogens with zero attached hydrogens (tertiary/aromatic N) is 1. The van der Waals surface area contributed by atoms with Crippen molar-refractivity contribution in [2.75, 3.05) is 6.54 Å². The quantitative estimate of drug-likeness (QED) is 0.815. The van der Waals surface area contributed by atoms with Crippen molar-refractivity contribution >= 4 is 11.3 Å². The number of thiazole rings is 1. The van der Waals surface area contributed by atoms with E-state index in [1.807, 2.05) is 11.3 Å². The van der Waals surface area contributed by atoms with Crippen LogP contribution in [0.1, 0.15) is 83.8 Å². The normalized spacial score (nSPS) is 27.3. The Bertz CT molecular complexity index is 454. The molecular formula is C18H32N2S. The van der Waals surface area contributed by atoms with Gasteiger partial charge in [0.1, 0.15) is 5.01 Å². The van der Waals surface area contributed by atoms with E-state index in [-0.39, 0.29) is 5.54 Å². The minimum absolute atomic E-state index is 0.0864. The van der Waals surface area contributed by atoms with Crippen LogP contribution in [-0.4, -0.2) is 11.5 Å². The van der Waals surface area contributed by atoms with Crippen LogP contribution in [0, 0.1) is 11.3 Å². The van der Waals surface area contributed by atoms with Gasteiger partial charge in [0.2, 0.25) is 0 Å². The zero-order chi connectivity index (χ0) is 15.7. The molecule has 1 aromatic rings. The van der Waals surface area contributed by atoms with Gasteiger partial charge in [0.25, 0.3) is 0 Å². The third-order valence-corrected chi connectivity index (χ3v) is 5.98. The molecule has 0 bridgehead atoms. The molecule has 1 aromatic heterocycles. The fourth-order valence-electron chi connectivity index (χ4n) is 3.96. The summed E-state index contributed by atoms with van der Waals surface area (Å²) in [6.07, 6.45) is 5.22. The van der Waals surface area contributed by atoms with Crippen LogP contribution >= 0.6 is 11.3 Å². The molecule has 0 aliphatic heterocycles. The maximum absolute atomic E-state index is 5.04. The van der Waals surface area contributed by atoms with E-state index >= 15 is 0 Å². The predicted molar refractivity (Wildman–Crippen MR) is 93.0 cm³/mol. The second kappa shape index (κ2) is 6.37. The first-order chi connectivity index (χ1) is 9.81. The number of rotatable bonds is 4. The summed E-state index contributed by atoms with van der Waals surface area (Å²) < 4.78 is 0. The van der Waals surface area contributed by atoms with Crippen LogP contribution in [0.2, 0.25) is 0 Å². The van der Waals surface area contributed by atoms with Crippen molar-refractivity contribution in [3.05, 3.63) is 16.1 Å². The van der Waals surface area contributed by atoms with Crippen LogP contribution in [0.25, 0.3) is 0 Å². The van der Waals surface area contributed by atoms with E-state index in [0.717, 1.165) is 6.54 Å². The smallest absolute Gasteiger partial charge is 0.113 e. The Morgan fingerprint density at radius 1 is 1.38 bits per heavy atom. The van der Waals surface area contributed by atoms with Gasteiger partial charge in [-0.3, -0.25) is 0 Å². The molecule has 1 aliphatic rings. The lowest BCUT2D eigenvalue weighted by atomic mass is 9.62. The Hall–Kier alpha value is -0.410. The Morgan fingerprint density at radius 2 is 2.10 bits per heavy atom. The zero-order valence-corrected chi connectivity index (χ0v) is 15.4. The first-order valence-electron chi connectivity index (χ1n) is 8.52. The van der Waals surface area contributed by atoms with Crippen LogP contribution in [0.15, 0.2) is 5.38 Å². The second-order valence-electron chi connectivity index (χ2n) is 7.90. The zero-order valence-electron chi connectivity index (χ0n) is 14.6. The molecule has 0 aromatic carbocycles. The standard InChI is InChI=1S/C18H32N2S/c1-7-19-18(16-20-14(12-21-16)13(2)3)11-9-8-10-15(18)17(4,5)6/h12-13,15,19H,7-11H2,1-6H3. The van der Waals surface area contributed by atoms with Crippen molar-refractivity contribution in [3.8, 4) is 0 Å². The van der Waals surface area contributed by atoms with Crippen molar-refractivity contribution in [3.63, 3.8) is 0 Å². The summed E-state index contributed by atoms with van der Waals surface area (Å²) in [4.78, 5) is 5.04. The average Bonchev–Trinajstić information content (AvgIpc) is 2.88. The first-order valence-corrected chi connectivity index (χ1v) is 9.40. The molecule has 2 atom stereocenters. The lowest BCUT2D eigenvalue weighted by molar-refractivity contribution is 0.0489. The number of aromatic nitrogens is 1. The molecule has 1 N–H and O–H groups in total. The summed E-state index contributed by atoms with van der Waals surface area (Å²) in [5.41, 5.74) is 1.65. The summed E-state index contributed by atoms with van der Waals surface area (Å²) in [6.45, 7) is 14.9. The third-order valence-electron chi connectivity index (χ3n) is 4.94. The van der Waals surface area contributed by atoms with Gasteiger partial charge in [-0.15, -0.1) is 11.3 Å². The highest BCUT2D eigenvalue weighted by Crippen LogP contribution is 2.50. The average molecular weight is 309 g/mol. The molecule has 21 heavy (non-hydrogen) atoms. The molecule has 0 amide bonds. The molecule has 1 fully saturated rings. The summed E-state index contributed by atoms with van der Waals surface area (Å²) in [5, 5.41) is 7.47. The van der Waals surface area contributed by atoms with Gasteiger partial charge in [-0.2, -0.15) is 0 Å². The molecule has 0 radical (unpaired) electrons. The molecule has 2 nitrogen and oxygen atoms in total. The van der Waals surface area contributed by atoms with Gasteiger partial charge in [-0.05, 0) is 36.6 Å². The summed E-state index contributed by atoms with van der Waals surface area (Å²) in [6, 6.07) is 0. The van der Waals surface area contributed by atoms with Crippen LogP contribution in [0.5, 0.6) is 0 Å². The highest BCUT2D eigenvalue weighted by atomic mass is 32.1. The van der Waals surface area contributed by atoms with Gasteiger partial charge in [0.15, 0.2) is 0 Å². The van der Waals surface area contributed by atoms with Gasteiger partial charge in [-0.25, -0.2) is 4.98 Å². The highest BCUT2D eigenvalue weighted by Gasteiger charge is 2.48. The Balaban J connectivity index is 2.45. The number of hydrogen-bond donors (Lipinski definition) is 1. The number of nitrogens with one attached hydrogen (secondary N) is 1. The van der Waals surface area contributed by atoms with Crippen molar-refractivity contribution < 1.29 is 0 Å². The van der Waals surface area contributed by atoms with Crippen molar-refractivity contribution in [2.45, 2.75) is 78.7 Å². The first kappa shape index (κ1) is 17.0. The largest absolute Gasteiger partial charge is 0.305 e. The van der Waals surface area contributed by atoms with Gasteiger partial charge in [0.05, 0.1) is 11.2 Å². The van der Waals surface area contributed by atoms with Gasteiger partial charge in [-0.1, -0.05) is 54.4 Å². The van der Waals surface area contributed by atoms with Crippen LogP contribution < -0.4 is 5.32 Å². The third kappa shape index (κ3) is 3.34. The molecule has 0 spiro atoms. The highest BCUT2D eigenvalue weighted by molar-refractivity contribution is 7.09. The molecule has 120 valence electrons. The van der Waals surface area contributed by atoms with Crippen molar-refractivity contribution in [1.29, 1.82) is 0 Å². The molecule has 3 heteroatoms. The molecule has 1 saturated carbocycles. The Labute approximate surface area is 134 Å². The Morgan fingerprint density at radius 3 is 2.62 bits per heavy atom. The van der Waals surface area contributed by atoms with Crippen molar-refractivity contribution in [2.24, 2.45) is 11.3 Å². The lowest BCUT2D eigenvalue weighted by Gasteiger charge is -2.49. The topological polar surface area (TPSA) is 24.9 Å². The van der Waals surface area contributed by atoms with E-state index in [4.69, 9.17) is 4.98 Å². The lowest BCUT2D eigenvalue weighted by Crippen LogP contribution is -2.54. The van der Waals surface area contributed by atoms with Crippen LogP contribution in [-0.2, 0) is 5.54 Å². The minimum Gasteiger partial charge on any atom is -0.305 e. The van der Waals surface area contributed by atoms with E-state index < -0.39 is 0 Å². The second-order valence-corrected chi connectivity index (χ2v) is 8.76. The molecule has 2 rings (SSSR count). The fourth-order valence-corrected chi connectivity index (χ4v) is 5.20. The molecule has 1 heterocycles. The van der Waals surface area contributed by atoms with Crippen LogP contribution in [0.3, 0.4) is 0 Å². The fraction of sp³-hybridized carbons (Fsp3) is 0.833. The predicted octanol–water partition coefficient (Wildman–Crippen LogP) is 5.31. The maximum Gasteiger partial charge on any atom is 0.113 e. The van der Waals surface area contributed by atoms with E-state index in [0.29, 0.717) is 17.3 Å². The molecule has 2 unspecified atom stereocenters. The van der Waals surface area contributed by atoms with Gasteiger partial charge < -0.3 is 5.32 Å². The summed E-state index contributed by atoms with van der Waals surface area (Å²) in [5.74, 6) is 1.18. The number of hydrogen-bond acceptors (Lipinski definition) is 3. The molecule has 0 saturated heterocycles. The van der Waals surface area contributed by atoms with Crippen molar-refractivity contribution in [1.82, 2.24) is 10.3 Å². The summed E-state index contributed by atoms with van der Waals surface area (Å²) >= 11 is 1.87. The van der Waals surface area contributed by atoms with Crippen LogP contribution in [0.4, 0.5) is 0 Å².